The fourth-order valence-electron chi connectivity index (χ4n) is 4.71. The van der Waals surface area contributed by atoms with Crippen LogP contribution in [0.25, 0.3) is 0 Å². The number of nitrogens with zero attached hydrogens (tertiary/aromatic N) is 2. The van der Waals surface area contributed by atoms with Crippen molar-refractivity contribution in [2.45, 2.75) is 37.2 Å². The van der Waals surface area contributed by atoms with Crippen LogP contribution < -0.4 is 9.62 Å². The van der Waals surface area contributed by atoms with Crippen LogP contribution in [0.5, 0.6) is 0 Å². The molecule has 2 amide bonds. The summed E-state index contributed by atoms with van der Waals surface area (Å²) in [6.07, 6.45) is 0.825. The van der Waals surface area contributed by atoms with Gasteiger partial charge in [-0.15, -0.1) is 0 Å². The molecule has 0 aliphatic carbocycles. The third-order valence-electron chi connectivity index (χ3n) is 6.96. The van der Waals surface area contributed by atoms with Crippen molar-refractivity contribution in [1.82, 2.24) is 10.2 Å². The Labute approximate surface area is 283 Å². The highest BCUT2D eigenvalue weighted by Crippen LogP contribution is 2.31. The lowest BCUT2D eigenvalue weighted by Crippen LogP contribution is -2.53. The van der Waals surface area contributed by atoms with E-state index < -0.39 is 34.4 Å². The first-order chi connectivity index (χ1) is 21.5. The maximum Gasteiger partial charge on any atom is 0.264 e. The van der Waals surface area contributed by atoms with Crippen molar-refractivity contribution in [2.75, 3.05) is 17.4 Å². The van der Waals surface area contributed by atoms with Gasteiger partial charge < -0.3 is 10.2 Å². The second kappa shape index (κ2) is 15.8. The number of anilines is 1. The lowest BCUT2D eigenvalue weighted by molar-refractivity contribution is -0.140. The minimum absolute atomic E-state index is 0.0453. The second-order valence-corrected chi connectivity index (χ2v) is 13.7. The maximum absolute atomic E-state index is 14.5. The molecule has 1 N–H and O–H groups in total. The topological polar surface area (TPSA) is 86.8 Å². The first-order valence-electron chi connectivity index (χ1n) is 14.1. The van der Waals surface area contributed by atoms with Crippen LogP contribution in [0.15, 0.2) is 102 Å². The monoisotopic (exact) mass is 705 g/mol. The summed E-state index contributed by atoms with van der Waals surface area (Å²) in [4.78, 5) is 29.5. The summed E-state index contributed by atoms with van der Waals surface area (Å²) in [6, 6.07) is 25.1. The number of halogens is 4. The average Bonchev–Trinajstić information content (AvgIpc) is 3.01. The number of rotatable bonds is 13. The highest BCUT2D eigenvalue weighted by atomic mass is 35.5. The molecule has 1 atom stereocenters. The zero-order valence-electron chi connectivity index (χ0n) is 24.3. The maximum atomic E-state index is 14.5. The number of carbonyl (C=O) groups is 2. The first-order valence-corrected chi connectivity index (χ1v) is 17.0. The Hall–Kier alpha value is -3.27. The average molecular weight is 708 g/mol. The number of carbonyl (C=O) groups excluding carboxylic acids is 2. The van der Waals surface area contributed by atoms with Crippen molar-refractivity contribution >= 4 is 73.9 Å². The van der Waals surface area contributed by atoms with Gasteiger partial charge in [0.1, 0.15) is 12.6 Å². The van der Waals surface area contributed by atoms with E-state index in [9.17, 15) is 18.0 Å². The summed E-state index contributed by atoms with van der Waals surface area (Å²) in [6.45, 7) is 1.46. The fourth-order valence-corrected chi connectivity index (χ4v) is 7.16. The molecule has 0 aliphatic rings. The second-order valence-electron chi connectivity index (χ2n) is 10.2. The Morgan fingerprint density at radius 3 is 1.96 bits per heavy atom. The Morgan fingerprint density at radius 1 is 0.800 bits per heavy atom. The van der Waals surface area contributed by atoms with Gasteiger partial charge >= 0.3 is 0 Å². The van der Waals surface area contributed by atoms with Gasteiger partial charge in [0.05, 0.1) is 10.6 Å². The smallest absolute Gasteiger partial charge is 0.264 e. The van der Waals surface area contributed by atoms with Gasteiger partial charge in [0, 0.05) is 45.2 Å². The molecular weight excluding hydrogens is 676 g/mol. The number of hydrogen-bond donors (Lipinski definition) is 1. The summed E-state index contributed by atoms with van der Waals surface area (Å²) in [5, 5.41) is 3.84. The van der Waals surface area contributed by atoms with Gasteiger partial charge in [-0.05, 0) is 54.4 Å². The molecule has 0 heterocycles. The van der Waals surface area contributed by atoms with Crippen LogP contribution in [0.2, 0.25) is 20.1 Å². The van der Waals surface area contributed by atoms with Gasteiger partial charge in [-0.1, -0.05) is 108 Å². The summed E-state index contributed by atoms with van der Waals surface area (Å²) in [5.41, 5.74) is 1.29. The van der Waals surface area contributed by atoms with E-state index in [1.165, 1.54) is 35.2 Å². The van der Waals surface area contributed by atoms with Gasteiger partial charge in [0.25, 0.3) is 10.0 Å². The molecule has 0 saturated carbocycles. The molecule has 12 heteroatoms. The molecule has 0 saturated heterocycles. The van der Waals surface area contributed by atoms with E-state index in [4.69, 9.17) is 46.4 Å². The third-order valence-corrected chi connectivity index (χ3v) is 9.89. The quantitative estimate of drug-likeness (QED) is 0.155. The Kier molecular flexibility index (Phi) is 12.2. The molecule has 0 spiro atoms. The predicted molar refractivity (Wildman–Crippen MR) is 182 cm³/mol. The number of sulfonamides is 1. The van der Waals surface area contributed by atoms with Crippen molar-refractivity contribution in [2.24, 2.45) is 0 Å². The predicted octanol–water partition coefficient (Wildman–Crippen LogP) is 7.66. The van der Waals surface area contributed by atoms with Crippen LogP contribution in [-0.4, -0.2) is 44.3 Å². The molecule has 0 aromatic heterocycles. The lowest BCUT2D eigenvalue weighted by atomic mass is 10.0. The van der Waals surface area contributed by atoms with Crippen LogP contribution in [0.1, 0.15) is 24.5 Å². The van der Waals surface area contributed by atoms with Crippen LogP contribution in [0.4, 0.5) is 5.69 Å². The summed E-state index contributed by atoms with van der Waals surface area (Å²) < 4.78 is 29.1. The molecular formula is C33H31Cl4N3O4S. The first kappa shape index (κ1) is 34.6. The Balaban J connectivity index is 1.85. The van der Waals surface area contributed by atoms with Crippen molar-refractivity contribution in [3.05, 3.63) is 128 Å². The van der Waals surface area contributed by atoms with Crippen LogP contribution in [-0.2, 0) is 32.6 Å². The van der Waals surface area contributed by atoms with Crippen molar-refractivity contribution < 1.29 is 18.0 Å². The van der Waals surface area contributed by atoms with Crippen LogP contribution in [0.3, 0.4) is 0 Å². The van der Waals surface area contributed by atoms with Crippen molar-refractivity contribution in [1.29, 1.82) is 0 Å². The summed E-state index contributed by atoms with van der Waals surface area (Å²) in [5.74, 6) is -1.07. The van der Waals surface area contributed by atoms with E-state index in [0.717, 1.165) is 9.87 Å². The number of amides is 2. The number of hydrogen-bond acceptors (Lipinski definition) is 4. The molecule has 4 aromatic rings. The van der Waals surface area contributed by atoms with Crippen molar-refractivity contribution in [3.63, 3.8) is 0 Å². The van der Waals surface area contributed by atoms with Crippen molar-refractivity contribution in [3.8, 4) is 0 Å². The normalized spacial score (nSPS) is 11.9. The number of nitrogens with one attached hydrogen (secondary N) is 1. The summed E-state index contributed by atoms with van der Waals surface area (Å²) in [7, 11) is -4.31. The summed E-state index contributed by atoms with van der Waals surface area (Å²) >= 11 is 25.6. The van der Waals surface area contributed by atoms with Gasteiger partial charge in [-0.2, -0.15) is 0 Å². The van der Waals surface area contributed by atoms with Gasteiger partial charge in [0.2, 0.25) is 11.8 Å². The SMILES string of the molecule is CCCNC(=O)[C@H](Cc1ccccc1)N(Cc1c(Cl)cccc1Cl)C(=O)CN(c1cc(Cl)cc(Cl)c1)S(=O)(=O)c1ccccc1. The highest BCUT2D eigenvalue weighted by Gasteiger charge is 2.35. The highest BCUT2D eigenvalue weighted by molar-refractivity contribution is 7.92. The molecule has 45 heavy (non-hydrogen) atoms. The van der Waals surface area contributed by atoms with E-state index >= 15 is 0 Å². The van der Waals surface area contributed by atoms with E-state index in [1.54, 1.807) is 36.4 Å². The van der Waals surface area contributed by atoms with Gasteiger partial charge in [-0.3, -0.25) is 13.9 Å². The minimum atomic E-state index is -4.31. The number of benzene rings is 4. The van der Waals surface area contributed by atoms with Gasteiger partial charge in [-0.25, -0.2) is 8.42 Å². The van der Waals surface area contributed by atoms with Gasteiger partial charge in [0.15, 0.2) is 0 Å². The minimum Gasteiger partial charge on any atom is -0.354 e. The van der Waals surface area contributed by atoms with E-state index in [-0.39, 0.29) is 33.6 Å². The Bertz CT molecular complexity index is 1700. The van der Waals surface area contributed by atoms with E-state index in [1.807, 2.05) is 37.3 Å². The molecule has 0 bridgehead atoms. The molecule has 0 unspecified atom stereocenters. The van der Waals surface area contributed by atoms with Crippen LogP contribution >= 0.6 is 46.4 Å². The zero-order chi connectivity index (χ0) is 32.6. The van der Waals surface area contributed by atoms with E-state index in [2.05, 4.69) is 5.32 Å². The zero-order valence-corrected chi connectivity index (χ0v) is 28.1. The third kappa shape index (κ3) is 8.93. The molecule has 4 aromatic carbocycles. The molecule has 7 nitrogen and oxygen atoms in total. The standard InChI is InChI=1S/C33H31Cl4N3O4S/c1-2-16-38-33(42)31(17-23-10-5-3-6-11-23)39(21-28-29(36)14-9-15-30(28)37)32(41)22-40(26-19-24(34)18-25(35)20-26)45(43,44)27-12-7-4-8-13-27/h3-15,18-20,31H,2,16-17,21-22H2,1H3,(H,38,42)/t31-/m0/s1. The van der Waals surface area contributed by atoms with Crippen LogP contribution in [0, 0.1) is 0 Å². The van der Waals surface area contributed by atoms with E-state index in [0.29, 0.717) is 28.6 Å². The molecule has 0 fully saturated rings. The molecule has 4 rings (SSSR count). The molecule has 236 valence electrons. The molecule has 0 radical (unpaired) electrons. The lowest BCUT2D eigenvalue weighted by Gasteiger charge is -2.34. The molecule has 0 aliphatic heterocycles. The Morgan fingerprint density at radius 2 is 1.38 bits per heavy atom. The largest absolute Gasteiger partial charge is 0.354 e. The fraction of sp³-hybridized carbons (Fsp3) is 0.212.